The molecule has 0 bridgehead atoms. The van der Waals surface area contributed by atoms with Gasteiger partial charge in [-0.2, -0.15) is 0 Å². The molecule has 0 fully saturated rings. The van der Waals surface area contributed by atoms with Crippen molar-refractivity contribution in [1.29, 1.82) is 0 Å². The van der Waals surface area contributed by atoms with Crippen LogP contribution in [-0.2, 0) is 6.42 Å². The molecule has 0 heterocycles. The lowest BCUT2D eigenvalue weighted by Gasteiger charge is -2.29. The van der Waals surface area contributed by atoms with Crippen LogP contribution >= 0.6 is 0 Å². The first-order chi connectivity index (χ1) is 11.3. The van der Waals surface area contributed by atoms with Gasteiger partial charge in [0.25, 0.3) is 0 Å². The van der Waals surface area contributed by atoms with Gasteiger partial charge in [0.2, 0.25) is 0 Å². The van der Waals surface area contributed by atoms with Crippen LogP contribution in [0.4, 0.5) is 17.6 Å². The lowest BCUT2D eigenvalue weighted by Crippen LogP contribution is -2.40. The largest absolute Gasteiger partial charge is 0.325 e. The van der Waals surface area contributed by atoms with E-state index >= 15 is 0 Å². The van der Waals surface area contributed by atoms with Crippen LogP contribution in [0.25, 0.3) is 0 Å². The maximum atomic E-state index is 14.0. The summed E-state index contributed by atoms with van der Waals surface area (Å²) in [4.78, 5) is 0. The van der Waals surface area contributed by atoms with Crippen LogP contribution in [-0.4, -0.2) is 5.54 Å². The van der Waals surface area contributed by atoms with Crippen LogP contribution in [0, 0.1) is 30.2 Å². The van der Waals surface area contributed by atoms with Gasteiger partial charge >= 0.3 is 0 Å². The van der Waals surface area contributed by atoms with Crippen LogP contribution in [0.3, 0.4) is 0 Å². The summed E-state index contributed by atoms with van der Waals surface area (Å²) in [5.74, 6) is -5.40. The molecule has 0 radical (unpaired) electrons. The zero-order valence-electron chi connectivity index (χ0n) is 13.9. The van der Waals surface area contributed by atoms with E-state index in [9.17, 15) is 17.6 Å². The summed E-state index contributed by atoms with van der Waals surface area (Å²) in [7, 11) is 0. The van der Waals surface area contributed by atoms with Gasteiger partial charge < -0.3 is 5.73 Å². The maximum absolute atomic E-state index is 14.0. The minimum absolute atomic E-state index is 0.183. The molecule has 0 saturated heterocycles. The number of allylic oxidation sites excluding steroid dienone is 2. The average molecular weight is 341 g/mol. The molecule has 0 saturated carbocycles. The second-order valence-corrected chi connectivity index (χ2v) is 6.00. The second kappa shape index (κ2) is 8.86. The monoisotopic (exact) mass is 341 g/mol. The summed E-state index contributed by atoms with van der Waals surface area (Å²) >= 11 is 0. The summed E-state index contributed by atoms with van der Waals surface area (Å²) < 4.78 is 55.3. The van der Waals surface area contributed by atoms with Crippen molar-refractivity contribution in [2.45, 2.75) is 51.0 Å². The van der Waals surface area contributed by atoms with Crippen LogP contribution < -0.4 is 5.73 Å². The lowest BCUT2D eigenvalue weighted by atomic mass is 9.83. The van der Waals surface area contributed by atoms with Crippen molar-refractivity contribution < 1.29 is 17.6 Å². The molecular weight excluding hydrogens is 318 g/mol. The highest BCUT2D eigenvalue weighted by molar-refractivity contribution is 5.29. The van der Waals surface area contributed by atoms with Crippen LogP contribution in [0.5, 0.6) is 0 Å². The Balaban J connectivity index is 3.01. The maximum Gasteiger partial charge on any atom is 0.165 e. The van der Waals surface area contributed by atoms with Gasteiger partial charge in [-0.05, 0) is 51.5 Å². The Hall–Kier alpha value is -1.84. The Morgan fingerprint density at radius 1 is 1.00 bits per heavy atom. The van der Waals surface area contributed by atoms with Gasteiger partial charge in [-0.25, -0.2) is 17.6 Å². The Kier molecular flexibility index (Phi) is 7.46. The summed E-state index contributed by atoms with van der Waals surface area (Å²) in [5, 5.41) is 0. The fraction of sp³-hybridized carbons (Fsp3) is 0.421. The molecule has 1 atom stereocenters. The molecule has 0 aliphatic carbocycles. The third-order valence-electron chi connectivity index (χ3n) is 4.22. The number of nitrogens with two attached hydrogens (primary N) is 1. The lowest BCUT2D eigenvalue weighted by molar-refractivity contribution is 0.337. The van der Waals surface area contributed by atoms with E-state index < -0.39 is 39.9 Å². The minimum atomic E-state index is -1.35. The van der Waals surface area contributed by atoms with E-state index in [0.717, 1.165) is 6.92 Å². The van der Waals surface area contributed by atoms with Gasteiger partial charge in [-0.1, -0.05) is 12.7 Å². The molecule has 0 spiro atoms. The van der Waals surface area contributed by atoms with Crippen molar-refractivity contribution in [2.75, 3.05) is 0 Å². The zero-order valence-corrected chi connectivity index (χ0v) is 13.9. The Labute approximate surface area is 140 Å². The third-order valence-corrected chi connectivity index (χ3v) is 4.22. The highest BCUT2D eigenvalue weighted by Gasteiger charge is 2.27. The molecular formula is C19H23F4N. The zero-order chi connectivity index (χ0) is 18.3. The number of hydrogen-bond donors (Lipinski definition) is 1. The number of rotatable bonds is 9. The van der Waals surface area contributed by atoms with Crippen molar-refractivity contribution in [1.82, 2.24) is 0 Å². The van der Waals surface area contributed by atoms with Crippen molar-refractivity contribution >= 4 is 0 Å². The summed E-state index contributed by atoms with van der Waals surface area (Å²) in [6.45, 7) is 8.10. The average Bonchev–Trinajstić information content (AvgIpc) is 2.57. The van der Waals surface area contributed by atoms with Gasteiger partial charge in [-0.15, -0.1) is 12.3 Å². The third kappa shape index (κ3) is 4.83. The van der Waals surface area contributed by atoms with Crippen molar-refractivity contribution in [3.05, 3.63) is 65.4 Å². The molecule has 2 N–H and O–H groups in total. The van der Waals surface area contributed by atoms with E-state index in [-0.39, 0.29) is 12.8 Å². The topological polar surface area (TPSA) is 26.0 Å². The summed E-state index contributed by atoms with van der Waals surface area (Å²) in [6.07, 6.45) is 5.79. The van der Waals surface area contributed by atoms with Crippen molar-refractivity contribution in [3.8, 4) is 0 Å². The first-order valence-electron chi connectivity index (χ1n) is 7.83. The Morgan fingerprint density at radius 3 is 2.04 bits per heavy atom. The number of hydrogen-bond acceptors (Lipinski definition) is 1. The molecule has 1 nitrogen and oxygen atoms in total. The molecule has 0 amide bonds. The molecule has 0 aliphatic heterocycles. The Morgan fingerprint density at radius 2 is 1.54 bits per heavy atom. The van der Waals surface area contributed by atoms with E-state index in [1.807, 2.05) is 0 Å². The SMILES string of the molecule is C=C=CCCC(N)(CCC=C)CCc1c(F)c(F)c(C)c(F)c1F. The first kappa shape index (κ1) is 20.2. The molecule has 1 unspecified atom stereocenters. The molecule has 1 rings (SSSR count). The fourth-order valence-electron chi connectivity index (χ4n) is 2.61. The second-order valence-electron chi connectivity index (χ2n) is 6.00. The van der Waals surface area contributed by atoms with E-state index in [2.05, 4.69) is 18.9 Å². The molecule has 0 aromatic heterocycles. The van der Waals surface area contributed by atoms with Crippen LogP contribution in [0.1, 0.15) is 43.2 Å². The van der Waals surface area contributed by atoms with Gasteiger partial charge in [0.05, 0.1) is 0 Å². The van der Waals surface area contributed by atoms with Gasteiger partial charge in [-0.3, -0.25) is 0 Å². The van der Waals surface area contributed by atoms with E-state index in [0.29, 0.717) is 25.7 Å². The predicted octanol–water partition coefficient (Wildman–Crippen LogP) is 5.27. The summed E-state index contributed by atoms with van der Waals surface area (Å²) in [6, 6.07) is 0. The Bertz CT molecular complexity index is 618. The molecule has 5 heteroatoms. The van der Waals surface area contributed by atoms with E-state index in [4.69, 9.17) is 5.73 Å². The van der Waals surface area contributed by atoms with Crippen LogP contribution in [0.15, 0.2) is 31.0 Å². The summed E-state index contributed by atoms with van der Waals surface area (Å²) in [5.41, 5.74) is 7.00. The van der Waals surface area contributed by atoms with Crippen LogP contribution in [0.2, 0.25) is 0 Å². The number of halogens is 4. The highest BCUT2D eigenvalue weighted by atomic mass is 19.2. The molecule has 24 heavy (non-hydrogen) atoms. The van der Waals surface area contributed by atoms with Crippen molar-refractivity contribution in [3.63, 3.8) is 0 Å². The predicted molar refractivity (Wildman–Crippen MR) is 88.6 cm³/mol. The van der Waals surface area contributed by atoms with Gasteiger partial charge in [0.15, 0.2) is 23.3 Å². The molecule has 1 aromatic carbocycles. The van der Waals surface area contributed by atoms with E-state index in [1.54, 1.807) is 12.2 Å². The quantitative estimate of drug-likeness (QED) is 0.282. The minimum Gasteiger partial charge on any atom is -0.325 e. The normalized spacial score (nSPS) is 13.2. The van der Waals surface area contributed by atoms with Crippen molar-refractivity contribution in [2.24, 2.45) is 5.73 Å². The van der Waals surface area contributed by atoms with Gasteiger partial charge in [0, 0.05) is 16.7 Å². The smallest absolute Gasteiger partial charge is 0.165 e. The first-order valence-corrected chi connectivity index (χ1v) is 7.83. The fourth-order valence-corrected chi connectivity index (χ4v) is 2.61. The van der Waals surface area contributed by atoms with E-state index in [1.165, 1.54) is 0 Å². The molecule has 132 valence electrons. The molecule has 0 aliphatic rings. The van der Waals surface area contributed by atoms with Gasteiger partial charge in [0.1, 0.15) is 0 Å². The number of benzene rings is 1. The highest BCUT2D eigenvalue weighted by Crippen LogP contribution is 2.28. The standard InChI is InChI=1S/C19H23F4N/c1-4-6-8-11-19(24,10-7-5-2)12-9-14-17(22)15(20)13(3)16(21)18(14)23/h5-6H,1-2,7-12,24H2,3H3. The molecule has 1 aromatic rings.